The van der Waals surface area contributed by atoms with Gasteiger partial charge in [0.25, 0.3) is 0 Å². The van der Waals surface area contributed by atoms with Gasteiger partial charge in [-0.05, 0) is 55.8 Å². The number of benzene rings is 2. The number of fused-ring (bicyclic) bond motifs is 1. The molecule has 10 heteroatoms. The van der Waals surface area contributed by atoms with Crippen LogP contribution in [-0.2, 0) is 11.3 Å². The van der Waals surface area contributed by atoms with E-state index in [0.717, 1.165) is 0 Å². The highest BCUT2D eigenvalue weighted by molar-refractivity contribution is 5.79. The van der Waals surface area contributed by atoms with Gasteiger partial charge in [0.15, 0.2) is 0 Å². The molecule has 1 fully saturated rings. The van der Waals surface area contributed by atoms with Crippen molar-refractivity contribution >= 4 is 28.6 Å². The van der Waals surface area contributed by atoms with Crippen LogP contribution in [0.5, 0.6) is 0 Å². The molecule has 1 N–H and O–H groups in total. The first-order chi connectivity index (χ1) is 17.3. The predicted molar refractivity (Wildman–Crippen MR) is 131 cm³/mol. The molecular formula is C26H25F3N6O. The summed E-state index contributed by atoms with van der Waals surface area (Å²) in [6, 6.07) is 8.85. The van der Waals surface area contributed by atoms with Gasteiger partial charge in [-0.1, -0.05) is 0 Å². The first-order valence-corrected chi connectivity index (χ1v) is 11.7. The third-order valence-corrected chi connectivity index (χ3v) is 6.41. The van der Waals surface area contributed by atoms with Crippen molar-refractivity contribution in [3.05, 3.63) is 77.4 Å². The van der Waals surface area contributed by atoms with Crippen LogP contribution in [0.25, 0.3) is 16.7 Å². The third-order valence-electron chi connectivity index (χ3n) is 6.41. The number of nitrogens with one attached hydrogen (secondary N) is 1. The van der Waals surface area contributed by atoms with E-state index in [2.05, 4.69) is 15.3 Å². The fourth-order valence-electron chi connectivity index (χ4n) is 4.37. The van der Waals surface area contributed by atoms with Crippen LogP contribution in [0.2, 0.25) is 0 Å². The van der Waals surface area contributed by atoms with E-state index in [1.165, 1.54) is 18.2 Å². The fraction of sp³-hybridized carbons (Fsp3) is 0.269. The number of aryl methyl sites for hydroxylation is 1. The van der Waals surface area contributed by atoms with Crippen LogP contribution in [0.4, 0.5) is 24.8 Å². The molecule has 1 aliphatic heterocycles. The monoisotopic (exact) mass is 494 g/mol. The summed E-state index contributed by atoms with van der Waals surface area (Å²) in [7, 11) is 0. The van der Waals surface area contributed by atoms with Crippen molar-refractivity contribution < 1.29 is 18.0 Å². The molecule has 3 heterocycles. The molecule has 0 spiro atoms. The number of carbonyl (C=O) groups is 1. The maximum atomic E-state index is 15.1. The van der Waals surface area contributed by atoms with Crippen molar-refractivity contribution in [2.75, 3.05) is 31.5 Å². The molecule has 5 rings (SSSR count). The molecule has 0 radical (unpaired) electrons. The van der Waals surface area contributed by atoms with E-state index in [1.807, 2.05) is 6.92 Å². The Morgan fingerprint density at radius 2 is 1.81 bits per heavy atom. The van der Waals surface area contributed by atoms with Gasteiger partial charge < -0.3 is 14.8 Å². The fourth-order valence-corrected chi connectivity index (χ4v) is 4.37. The second-order valence-electron chi connectivity index (χ2n) is 8.82. The molecule has 7 nitrogen and oxygen atoms in total. The molecule has 4 aromatic rings. The Morgan fingerprint density at radius 1 is 1.03 bits per heavy atom. The lowest BCUT2D eigenvalue weighted by molar-refractivity contribution is -0.135. The molecular weight excluding hydrogens is 469 g/mol. The standard InChI is InChI=1S/C26H25F3N6O/c1-3-34-9-8-33(15-24(34)36)14-20-22(28)11-19(12-23(20)29)35-7-6-17-13-30-26(32-25(17)35)31-18-4-5-21(27)16(2)10-18/h4-7,10-13H,3,8-9,14-15H2,1-2H3,(H,30,31,32). The molecule has 36 heavy (non-hydrogen) atoms. The maximum absolute atomic E-state index is 15.1. The van der Waals surface area contributed by atoms with Crippen molar-refractivity contribution in [1.82, 2.24) is 24.3 Å². The number of rotatable bonds is 6. The lowest BCUT2D eigenvalue weighted by Gasteiger charge is -2.33. The van der Waals surface area contributed by atoms with Gasteiger partial charge in [0.05, 0.1) is 12.2 Å². The van der Waals surface area contributed by atoms with E-state index in [0.29, 0.717) is 41.9 Å². The lowest BCUT2D eigenvalue weighted by atomic mass is 10.1. The Bertz CT molecular complexity index is 1430. The van der Waals surface area contributed by atoms with Crippen LogP contribution in [0, 0.1) is 24.4 Å². The second kappa shape index (κ2) is 9.62. The molecule has 2 aromatic heterocycles. The Hall–Kier alpha value is -3.92. The van der Waals surface area contributed by atoms with Crippen LogP contribution in [0.3, 0.4) is 0 Å². The average molecular weight is 495 g/mol. The van der Waals surface area contributed by atoms with Gasteiger partial charge in [0.2, 0.25) is 11.9 Å². The van der Waals surface area contributed by atoms with Gasteiger partial charge in [0, 0.05) is 55.2 Å². The minimum absolute atomic E-state index is 0.0149. The molecule has 0 aliphatic carbocycles. The number of piperazine rings is 1. The summed E-state index contributed by atoms with van der Waals surface area (Å²) in [4.78, 5) is 24.4. The molecule has 186 valence electrons. The van der Waals surface area contributed by atoms with Crippen LogP contribution in [-0.4, -0.2) is 56.4 Å². The number of halogens is 3. The van der Waals surface area contributed by atoms with E-state index in [9.17, 15) is 9.18 Å². The number of likely N-dealkylation sites (N-methyl/N-ethyl adjacent to an activating group) is 1. The van der Waals surface area contributed by atoms with E-state index >= 15 is 8.78 Å². The van der Waals surface area contributed by atoms with E-state index in [4.69, 9.17) is 0 Å². The van der Waals surface area contributed by atoms with E-state index in [1.54, 1.807) is 51.9 Å². The second-order valence-corrected chi connectivity index (χ2v) is 8.82. The molecule has 0 unspecified atom stereocenters. The zero-order chi connectivity index (χ0) is 25.4. The van der Waals surface area contributed by atoms with Crippen LogP contribution in [0.15, 0.2) is 48.8 Å². The molecule has 1 aliphatic rings. The molecule has 2 aromatic carbocycles. The average Bonchev–Trinajstić information content (AvgIpc) is 3.27. The van der Waals surface area contributed by atoms with Crippen molar-refractivity contribution in [2.45, 2.75) is 20.4 Å². The maximum Gasteiger partial charge on any atom is 0.236 e. The quantitative estimate of drug-likeness (QED) is 0.426. The van der Waals surface area contributed by atoms with Crippen LogP contribution >= 0.6 is 0 Å². The summed E-state index contributed by atoms with van der Waals surface area (Å²) in [5.41, 5.74) is 1.76. The van der Waals surface area contributed by atoms with Crippen LogP contribution in [0.1, 0.15) is 18.1 Å². The SMILES string of the molecule is CCN1CCN(Cc2c(F)cc(-n3ccc4cnc(Nc5ccc(F)c(C)c5)nc43)cc2F)CC1=O. The van der Waals surface area contributed by atoms with Crippen molar-refractivity contribution in [3.63, 3.8) is 0 Å². The first kappa shape index (κ1) is 23.8. The van der Waals surface area contributed by atoms with Gasteiger partial charge in [-0.15, -0.1) is 0 Å². The summed E-state index contributed by atoms with van der Waals surface area (Å²) >= 11 is 0. The molecule has 1 amide bonds. The third kappa shape index (κ3) is 4.64. The Kier molecular flexibility index (Phi) is 6.36. The molecule has 1 saturated heterocycles. The molecule has 0 saturated carbocycles. The number of nitrogens with zero attached hydrogens (tertiary/aromatic N) is 5. The highest BCUT2D eigenvalue weighted by atomic mass is 19.1. The number of amides is 1. The molecule has 0 bridgehead atoms. The summed E-state index contributed by atoms with van der Waals surface area (Å²) in [6.45, 7) is 5.44. The largest absolute Gasteiger partial charge is 0.341 e. The topological polar surface area (TPSA) is 66.3 Å². The zero-order valence-electron chi connectivity index (χ0n) is 19.9. The van der Waals surface area contributed by atoms with Crippen molar-refractivity contribution in [1.29, 1.82) is 0 Å². The van der Waals surface area contributed by atoms with Gasteiger partial charge >= 0.3 is 0 Å². The van der Waals surface area contributed by atoms with Crippen LogP contribution < -0.4 is 5.32 Å². The summed E-state index contributed by atoms with van der Waals surface area (Å²) in [6.07, 6.45) is 3.27. The van der Waals surface area contributed by atoms with Crippen molar-refractivity contribution in [3.8, 4) is 5.69 Å². The number of anilines is 2. The Morgan fingerprint density at radius 3 is 2.50 bits per heavy atom. The predicted octanol–water partition coefficient (Wildman–Crippen LogP) is 4.55. The number of aromatic nitrogens is 3. The zero-order valence-corrected chi connectivity index (χ0v) is 19.9. The van der Waals surface area contributed by atoms with Gasteiger partial charge in [-0.3, -0.25) is 9.69 Å². The van der Waals surface area contributed by atoms with E-state index in [-0.39, 0.29) is 42.0 Å². The van der Waals surface area contributed by atoms with Crippen molar-refractivity contribution in [2.24, 2.45) is 0 Å². The number of carbonyl (C=O) groups excluding carboxylic acids is 1. The number of hydrogen-bond donors (Lipinski definition) is 1. The Balaban J connectivity index is 1.41. The highest BCUT2D eigenvalue weighted by Crippen LogP contribution is 2.25. The van der Waals surface area contributed by atoms with Gasteiger partial charge in [-0.25, -0.2) is 18.2 Å². The van der Waals surface area contributed by atoms with E-state index < -0.39 is 11.6 Å². The smallest absolute Gasteiger partial charge is 0.236 e. The normalized spacial score (nSPS) is 14.6. The summed E-state index contributed by atoms with van der Waals surface area (Å²) in [5, 5.41) is 3.72. The van der Waals surface area contributed by atoms with Gasteiger partial charge in [0.1, 0.15) is 23.1 Å². The Labute approximate surface area is 206 Å². The lowest BCUT2D eigenvalue weighted by Crippen LogP contribution is -2.49. The minimum Gasteiger partial charge on any atom is -0.341 e. The first-order valence-electron chi connectivity index (χ1n) is 11.7. The van der Waals surface area contributed by atoms with Gasteiger partial charge in [-0.2, -0.15) is 4.98 Å². The molecule has 0 atom stereocenters. The summed E-state index contributed by atoms with van der Waals surface area (Å²) in [5.74, 6) is -1.47. The minimum atomic E-state index is -0.689. The summed E-state index contributed by atoms with van der Waals surface area (Å²) < 4.78 is 45.3. The highest BCUT2D eigenvalue weighted by Gasteiger charge is 2.25. The number of hydrogen-bond acceptors (Lipinski definition) is 5.